The molecule has 2 aromatic carbocycles. The molecule has 2 aliphatic heterocycles. The van der Waals surface area contributed by atoms with Crippen LogP contribution < -0.4 is 20.9 Å². The van der Waals surface area contributed by atoms with Crippen molar-refractivity contribution in [3.63, 3.8) is 0 Å². The minimum Gasteiger partial charge on any atom is -0.495 e. The summed E-state index contributed by atoms with van der Waals surface area (Å²) in [6, 6.07) is 14.3. The van der Waals surface area contributed by atoms with E-state index in [1.807, 2.05) is 43.3 Å². The zero-order chi connectivity index (χ0) is 23.4. The van der Waals surface area contributed by atoms with Gasteiger partial charge in [-0.25, -0.2) is 19.3 Å². The molecule has 3 N–H and O–H groups in total. The van der Waals surface area contributed by atoms with Crippen LogP contribution in [-0.4, -0.2) is 44.9 Å². The molecule has 0 bridgehead atoms. The Morgan fingerprint density at radius 3 is 2.52 bits per heavy atom. The van der Waals surface area contributed by atoms with E-state index in [1.54, 1.807) is 16.4 Å². The Kier molecular flexibility index (Phi) is 7.33. The van der Waals surface area contributed by atoms with E-state index in [4.69, 9.17) is 4.74 Å². The van der Waals surface area contributed by atoms with Gasteiger partial charge in [-0.1, -0.05) is 42.8 Å². The molecular formula is C24H32N4O4S. The Bertz CT molecular complexity index is 1070. The van der Waals surface area contributed by atoms with Crippen molar-refractivity contribution in [1.82, 2.24) is 20.5 Å². The molecule has 9 heteroatoms. The Labute approximate surface area is 195 Å². The van der Waals surface area contributed by atoms with E-state index in [9.17, 15) is 13.2 Å². The van der Waals surface area contributed by atoms with Crippen LogP contribution in [0, 0.1) is 0 Å². The summed E-state index contributed by atoms with van der Waals surface area (Å²) in [4.78, 5) is 13.0. The number of hydrogen-bond acceptors (Lipinski definition) is 6. The highest BCUT2D eigenvalue weighted by atomic mass is 32.2. The molecule has 3 atom stereocenters. The molecule has 1 amide bonds. The van der Waals surface area contributed by atoms with Gasteiger partial charge >= 0.3 is 0 Å². The molecular weight excluding hydrogens is 440 g/mol. The van der Waals surface area contributed by atoms with Crippen LogP contribution >= 0.6 is 0 Å². The Hall–Kier alpha value is -2.46. The van der Waals surface area contributed by atoms with E-state index in [1.165, 1.54) is 7.11 Å². The number of hydrogen-bond donors (Lipinski definition) is 3. The van der Waals surface area contributed by atoms with Crippen molar-refractivity contribution in [2.75, 3.05) is 20.2 Å². The zero-order valence-corrected chi connectivity index (χ0v) is 19.9. The SMILES string of the molecule is COc1ccc(C2CC(C(=O)NC(C)c3ccccc3)NN2)cc1S(=O)(=O)N1CCCCC1. The zero-order valence-electron chi connectivity index (χ0n) is 19.1. The second kappa shape index (κ2) is 10.2. The summed E-state index contributed by atoms with van der Waals surface area (Å²) < 4.78 is 33.5. The standard InChI is InChI=1S/C24H32N4O4S/c1-17(18-9-5-3-6-10-18)25-24(29)21-16-20(26-27-21)19-11-12-22(32-2)23(15-19)33(30,31)28-13-7-4-8-14-28/h3,5-6,9-12,15,17,20-21,26-27H,4,7-8,13-14,16H2,1-2H3,(H,25,29). The van der Waals surface area contributed by atoms with Crippen molar-refractivity contribution >= 4 is 15.9 Å². The van der Waals surface area contributed by atoms with Crippen LogP contribution in [0.1, 0.15) is 55.8 Å². The van der Waals surface area contributed by atoms with Gasteiger partial charge < -0.3 is 10.1 Å². The maximum absolute atomic E-state index is 13.3. The van der Waals surface area contributed by atoms with Crippen molar-refractivity contribution in [3.05, 3.63) is 59.7 Å². The van der Waals surface area contributed by atoms with Gasteiger partial charge in [0.05, 0.1) is 13.2 Å². The number of piperidine rings is 1. The highest BCUT2D eigenvalue weighted by Gasteiger charge is 2.33. The molecule has 0 radical (unpaired) electrons. The smallest absolute Gasteiger partial charge is 0.246 e. The number of benzene rings is 2. The molecule has 0 saturated carbocycles. The minimum absolute atomic E-state index is 0.101. The van der Waals surface area contributed by atoms with Gasteiger partial charge in [0, 0.05) is 19.1 Å². The predicted octanol–water partition coefficient (Wildman–Crippen LogP) is 2.65. The van der Waals surface area contributed by atoms with Gasteiger partial charge in [0.15, 0.2) is 0 Å². The molecule has 2 aliphatic rings. The number of ether oxygens (including phenoxy) is 1. The third-order valence-electron chi connectivity index (χ3n) is 6.40. The monoisotopic (exact) mass is 472 g/mol. The average molecular weight is 473 g/mol. The molecule has 33 heavy (non-hydrogen) atoms. The summed E-state index contributed by atoms with van der Waals surface area (Å²) >= 11 is 0. The second-order valence-electron chi connectivity index (χ2n) is 8.65. The Balaban J connectivity index is 1.47. The molecule has 8 nitrogen and oxygen atoms in total. The third kappa shape index (κ3) is 5.22. The number of nitrogens with one attached hydrogen (secondary N) is 3. The molecule has 3 unspecified atom stereocenters. The topological polar surface area (TPSA) is 99.8 Å². The maximum atomic E-state index is 13.3. The molecule has 0 aromatic heterocycles. The lowest BCUT2D eigenvalue weighted by Crippen LogP contribution is -2.43. The minimum atomic E-state index is -3.65. The molecule has 2 heterocycles. The first-order valence-corrected chi connectivity index (χ1v) is 12.9. The lowest BCUT2D eigenvalue weighted by Gasteiger charge is -2.27. The third-order valence-corrected chi connectivity index (χ3v) is 8.32. The van der Waals surface area contributed by atoms with Crippen molar-refractivity contribution < 1.29 is 17.9 Å². The van der Waals surface area contributed by atoms with Gasteiger partial charge in [0.1, 0.15) is 16.7 Å². The number of methoxy groups -OCH3 is 1. The van der Waals surface area contributed by atoms with E-state index < -0.39 is 16.1 Å². The van der Waals surface area contributed by atoms with Gasteiger partial charge in [-0.3, -0.25) is 4.79 Å². The van der Waals surface area contributed by atoms with Crippen LogP contribution in [0.2, 0.25) is 0 Å². The fraction of sp³-hybridized carbons (Fsp3) is 0.458. The van der Waals surface area contributed by atoms with Crippen LogP contribution in [0.25, 0.3) is 0 Å². The fourth-order valence-electron chi connectivity index (χ4n) is 4.44. The number of carbonyl (C=O) groups is 1. The number of amides is 1. The Morgan fingerprint density at radius 2 is 1.82 bits per heavy atom. The molecule has 2 aromatic rings. The first-order valence-electron chi connectivity index (χ1n) is 11.4. The molecule has 4 rings (SSSR count). The number of carbonyl (C=O) groups excluding carboxylic acids is 1. The molecule has 2 fully saturated rings. The van der Waals surface area contributed by atoms with E-state index >= 15 is 0 Å². The molecule has 178 valence electrons. The molecule has 0 spiro atoms. The summed E-state index contributed by atoms with van der Waals surface area (Å²) in [6.07, 6.45) is 3.29. The number of sulfonamides is 1. The van der Waals surface area contributed by atoms with Gasteiger partial charge in [-0.2, -0.15) is 4.31 Å². The van der Waals surface area contributed by atoms with Crippen molar-refractivity contribution in [3.8, 4) is 5.75 Å². The lowest BCUT2D eigenvalue weighted by molar-refractivity contribution is -0.123. The summed E-state index contributed by atoms with van der Waals surface area (Å²) in [7, 11) is -2.17. The van der Waals surface area contributed by atoms with Crippen molar-refractivity contribution in [2.45, 2.75) is 55.6 Å². The largest absolute Gasteiger partial charge is 0.495 e. The molecule has 2 saturated heterocycles. The maximum Gasteiger partial charge on any atom is 0.246 e. The predicted molar refractivity (Wildman–Crippen MR) is 126 cm³/mol. The van der Waals surface area contributed by atoms with Gasteiger partial charge in [-0.15, -0.1) is 0 Å². The van der Waals surface area contributed by atoms with Crippen LogP contribution in [0.3, 0.4) is 0 Å². The van der Waals surface area contributed by atoms with Gasteiger partial charge in [0.2, 0.25) is 15.9 Å². The summed E-state index contributed by atoms with van der Waals surface area (Å²) in [5.74, 6) is 0.234. The van der Waals surface area contributed by atoms with Crippen molar-refractivity contribution in [2.24, 2.45) is 0 Å². The van der Waals surface area contributed by atoms with Crippen LogP contribution in [0.4, 0.5) is 0 Å². The van der Waals surface area contributed by atoms with Crippen LogP contribution in [0.15, 0.2) is 53.4 Å². The molecule has 0 aliphatic carbocycles. The average Bonchev–Trinajstić information content (AvgIpc) is 3.35. The Morgan fingerprint density at radius 1 is 1.09 bits per heavy atom. The van der Waals surface area contributed by atoms with E-state index in [-0.39, 0.29) is 22.9 Å². The quantitative estimate of drug-likeness (QED) is 0.573. The van der Waals surface area contributed by atoms with Crippen molar-refractivity contribution in [1.29, 1.82) is 0 Å². The van der Waals surface area contributed by atoms with Gasteiger partial charge in [-0.05, 0) is 49.4 Å². The van der Waals surface area contributed by atoms with E-state index in [2.05, 4.69) is 16.2 Å². The normalized spacial score (nSPS) is 22.6. The number of nitrogens with zero attached hydrogens (tertiary/aromatic N) is 1. The van der Waals surface area contributed by atoms with Gasteiger partial charge in [0.25, 0.3) is 0 Å². The first-order chi connectivity index (χ1) is 15.9. The lowest BCUT2D eigenvalue weighted by atomic mass is 10.0. The number of hydrazine groups is 1. The second-order valence-corrected chi connectivity index (χ2v) is 10.6. The van der Waals surface area contributed by atoms with Crippen LogP contribution in [0.5, 0.6) is 5.75 Å². The van der Waals surface area contributed by atoms with E-state index in [0.29, 0.717) is 25.3 Å². The highest BCUT2D eigenvalue weighted by Crippen LogP contribution is 2.33. The highest BCUT2D eigenvalue weighted by molar-refractivity contribution is 7.89. The van der Waals surface area contributed by atoms with Crippen LogP contribution in [-0.2, 0) is 14.8 Å². The summed E-state index contributed by atoms with van der Waals surface area (Å²) in [5, 5.41) is 3.04. The van der Waals surface area contributed by atoms with E-state index in [0.717, 1.165) is 30.4 Å². The number of rotatable bonds is 7. The first kappa shape index (κ1) is 23.7. The summed E-state index contributed by atoms with van der Waals surface area (Å²) in [5.41, 5.74) is 8.05. The summed E-state index contributed by atoms with van der Waals surface area (Å²) in [6.45, 7) is 3.01. The fourth-order valence-corrected chi connectivity index (χ4v) is 6.15.